The number of allylic oxidation sites excluding steroid dienone is 7. The molecule has 2 rings (SSSR count). The Labute approximate surface area is 195 Å². The Kier molecular flexibility index (Phi) is 13.4. The molecule has 0 aromatic rings. The van der Waals surface area contributed by atoms with Crippen LogP contribution in [0.25, 0.3) is 0 Å². The second kappa shape index (κ2) is 14.0. The van der Waals surface area contributed by atoms with Crippen molar-refractivity contribution in [1.29, 1.82) is 0 Å². The summed E-state index contributed by atoms with van der Waals surface area (Å²) in [6.07, 6.45) is 16.9. The first kappa shape index (κ1) is 29.7. The molecule has 31 heavy (non-hydrogen) atoms. The molecule has 0 fully saturated rings. The van der Waals surface area contributed by atoms with Crippen molar-refractivity contribution in [2.24, 2.45) is 22.7 Å². The van der Waals surface area contributed by atoms with E-state index >= 15 is 0 Å². The number of ketones is 1. The van der Waals surface area contributed by atoms with Gasteiger partial charge in [-0.05, 0) is 70.3 Å². The number of carbonyl (C=O) groups excluding carboxylic acids is 1. The van der Waals surface area contributed by atoms with Crippen molar-refractivity contribution in [2.75, 3.05) is 0 Å². The Morgan fingerprint density at radius 2 is 1.39 bits per heavy atom. The van der Waals surface area contributed by atoms with Crippen molar-refractivity contribution in [1.82, 2.24) is 0 Å². The average Bonchev–Trinajstić information content (AvgIpc) is 2.60. The van der Waals surface area contributed by atoms with E-state index in [-0.39, 0.29) is 11.9 Å². The molecule has 0 bridgehead atoms. The van der Waals surface area contributed by atoms with Crippen LogP contribution in [0.2, 0.25) is 0 Å². The quantitative estimate of drug-likeness (QED) is 0.284. The topological polar surface area (TPSA) is 71.4 Å². The van der Waals surface area contributed by atoms with Gasteiger partial charge in [-0.3, -0.25) is 4.79 Å². The van der Waals surface area contributed by atoms with Crippen LogP contribution in [0.1, 0.15) is 81.1 Å². The Morgan fingerprint density at radius 3 is 1.71 bits per heavy atom. The van der Waals surface area contributed by atoms with Gasteiger partial charge in [0.1, 0.15) is 0 Å². The molecule has 0 heterocycles. The van der Waals surface area contributed by atoms with E-state index in [1.807, 2.05) is 6.08 Å². The standard InChI is InChI=1S/C13H22O.C13H20O.Mn.2O/c2*1-10-6-5-9-13(3,4)12(10)8-7-11(2)14;;;/h6-8,11-12,14H,5,9H2,1-4H3;6-8,12H,5,9H2,1-4H3;;;/b2*8-7+;;;/t11-,12-;12-;;;/m11.../s1. The molecule has 0 saturated heterocycles. The molecule has 3 atom stereocenters. The van der Waals surface area contributed by atoms with Gasteiger partial charge >= 0.3 is 22.5 Å². The molecule has 0 spiro atoms. The molecular formula is C26H42MnO4. The fraction of sp³-hybridized carbons (Fsp3) is 0.654. The van der Waals surface area contributed by atoms with Crippen LogP contribution in [-0.4, -0.2) is 17.0 Å². The van der Waals surface area contributed by atoms with Crippen LogP contribution in [0.5, 0.6) is 0 Å². The van der Waals surface area contributed by atoms with Crippen LogP contribution in [0, 0.1) is 22.7 Å². The molecule has 0 radical (unpaired) electrons. The number of rotatable bonds is 4. The average molecular weight is 474 g/mol. The van der Waals surface area contributed by atoms with Gasteiger partial charge < -0.3 is 5.11 Å². The van der Waals surface area contributed by atoms with Gasteiger partial charge in [0, 0.05) is 11.8 Å². The zero-order valence-corrected chi connectivity index (χ0v) is 21.8. The fourth-order valence-corrected chi connectivity index (χ4v) is 4.47. The van der Waals surface area contributed by atoms with E-state index in [9.17, 15) is 9.90 Å². The van der Waals surface area contributed by atoms with Gasteiger partial charge in [-0.15, -0.1) is 0 Å². The minimum atomic E-state index is -1.44. The molecule has 0 aliphatic heterocycles. The second-order valence-electron chi connectivity index (χ2n) is 10.1. The molecule has 0 aromatic carbocycles. The molecule has 0 unspecified atom stereocenters. The molecule has 2 aliphatic rings. The van der Waals surface area contributed by atoms with E-state index < -0.39 is 14.8 Å². The van der Waals surface area contributed by atoms with Crippen LogP contribution in [0.4, 0.5) is 0 Å². The van der Waals surface area contributed by atoms with Crippen molar-refractivity contribution in [3.8, 4) is 0 Å². The Hall–Kier alpha value is -1.29. The molecule has 0 amide bonds. The van der Waals surface area contributed by atoms with Crippen molar-refractivity contribution < 1.29 is 32.4 Å². The number of hydrogen-bond acceptors (Lipinski definition) is 4. The van der Waals surface area contributed by atoms with Crippen molar-refractivity contribution >= 4 is 5.78 Å². The molecule has 177 valence electrons. The monoisotopic (exact) mass is 473 g/mol. The molecule has 4 nitrogen and oxygen atoms in total. The van der Waals surface area contributed by atoms with E-state index in [1.165, 1.54) is 36.8 Å². The van der Waals surface area contributed by atoms with E-state index in [0.29, 0.717) is 22.7 Å². The summed E-state index contributed by atoms with van der Waals surface area (Å²) >= 11 is -1.44. The van der Waals surface area contributed by atoms with Gasteiger partial charge in [0.25, 0.3) is 0 Å². The summed E-state index contributed by atoms with van der Waals surface area (Å²) < 4.78 is 16.8. The third kappa shape index (κ3) is 11.2. The summed E-state index contributed by atoms with van der Waals surface area (Å²) in [6, 6.07) is 0. The van der Waals surface area contributed by atoms with Gasteiger partial charge in [0.2, 0.25) is 0 Å². The fourth-order valence-electron chi connectivity index (χ4n) is 4.47. The molecule has 1 N–H and O–H groups in total. The number of aliphatic hydroxyl groups excluding tert-OH is 1. The Morgan fingerprint density at radius 1 is 1.00 bits per heavy atom. The van der Waals surface area contributed by atoms with Crippen LogP contribution in [0.3, 0.4) is 0 Å². The third-order valence-electron chi connectivity index (χ3n) is 6.28. The van der Waals surface area contributed by atoms with Crippen LogP contribution in [0.15, 0.2) is 47.6 Å². The van der Waals surface area contributed by atoms with Gasteiger partial charge in [-0.25, -0.2) is 0 Å². The van der Waals surface area contributed by atoms with Crippen molar-refractivity contribution in [3.05, 3.63) is 47.6 Å². The summed E-state index contributed by atoms with van der Waals surface area (Å²) in [6.45, 7) is 16.9. The first-order valence-electron chi connectivity index (χ1n) is 11.1. The third-order valence-corrected chi connectivity index (χ3v) is 6.28. The SMILES string of the molecule is CC(=O)/C=C/[C@@H]1C(C)=CCCC1(C)C.CC1=CCCC(C)(C)[C@@H]1/C=C/[C@@H](C)O.[O]=[Mn]=[O]. The van der Waals surface area contributed by atoms with E-state index in [4.69, 9.17) is 7.67 Å². The summed E-state index contributed by atoms with van der Waals surface area (Å²) in [7, 11) is 0. The second-order valence-corrected chi connectivity index (χ2v) is 10.3. The number of carbonyl (C=O) groups is 1. The Balaban J connectivity index is 0.000000516. The first-order chi connectivity index (χ1) is 14.3. The zero-order chi connectivity index (χ0) is 24.2. The summed E-state index contributed by atoms with van der Waals surface area (Å²) in [5.41, 5.74) is 3.48. The van der Waals surface area contributed by atoms with Crippen molar-refractivity contribution in [2.45, 2.75) is 87.2 Å². The molecule has 0 saturated carbocycles. The predicted octanol–water partition coefficient (Wildman–Crippen LogP) is 6.58. The first-order valence-corrected chi connectivity index (χ1v) is 12.0. The van der Waals surface area contributed by atoms with Gasteiger partial charge in [0.15, 0.2) is 5.78 Å². The summed E-state index contributed by atoms with van der Waals surface area (Å²) in [4.78, 5) is 10.9. The Bertz CT molecular complexity index is 733. The molecule has 5 heteroatoms. The van der Waals surface area contributed by atoms with Gasteiger partial charge in [-0.1, -0.05) is 69.2 Å². The minimum absolute atomic E-state index is 0.138. The van der Waals surface area contributed by atoms with Crippen molar-refractivity contribution in [3.63, 3.8) is 0 Å². The predicted molar refractivity (Wildman–Crippen MR) is 123 cm³/mol. The van der Waals surface area contributed by atoms with E-state index in [1.54, 1.807) is 19.9 Å². The molecular weight excluding hydrogens is 431 g/mol. The van der Waals surface area contributed by atoms with Crippen LogP contribution < -0.4 is 0 Å². The van der Waals surface area contributed by atoms with Gasteiger partial charge in [0.05, 0.1) is 6.10 Å². The normalized spacial score (nSPS) is 25.3. The summed E-state index contributed by atoms with van der Waals surface area (Å²) in [5.74, 6) is 1.06. The maximum atomic E-state index is 10.9. The number of hydrogen-bond donors (Lipinski definition) is 1. The molecule has 2 aliphatic carbocycles. The number of aliphatic hydroxyl groups is 1. The van der Waals surface area contributed by atoms with E-state index in [2.05, 4.69) is 65.8 Å². The summed E-state index contributed by atoms with van der Waals surface area (Å²) in [5, 5.41) is 9.23. The van der Waals surface area contributed by atoms with Gasteiger partial charge in [-0.2, -0.15) is 0 Å². The zero-order valence-electron chi connectivity index (χ0n) is 20.6. The van der Waals surface area contributed by atoms with Crippen LogP contribution >= 0.6 is 0 Å². The molecule has 0 aromatic heterocycles. The van der Waals surface area contributed by atoms with E-state index in [0.717, 1.165) is 0 Å². The van der Waals surface area contributed by atoms with Crippen LogP contribution in [-0.2, 0) is 27.3 Å². The maximum absolute atomic E-state index is 10.9.